The molecule has 6 nitrogen and oxygen atoms in total. The summed E-state index contributed by atoms with van der Waals surface area (Å²) in [5.41, 5.74) is 2.35. The van der Waals surface area contributed by atoms with E-state index in [0.29, 0.717) is 24.1 Å². The topological polar surface area (TPSA) is 58.6 Å². The fourth-order valence-electron chi connectivity index (χ4n) is 3.87. The summed E-state index contributed by atoms with van der Waals surface area (Å²) in [5.74, 6) is 0.621. The second-order valence-corrected chi connectivity index (χ2v) is 6.85. The van der Waals surface area contributed by atoms with Crippen LogP contribution in [0.25, 0.3) is 11.3 Å². The molecule has 136 valence electrons. The molecule has 1 amide bonds. The highest BCUT2D eigenvalue weighted by Gasteiger charge is 2.32. The van der Waals surface area contributed by atoms with E-state index in [0.717, 1.165) is 30.9 Å². The molecule has 0 bridgehead atoms. The van der Waals surface area contributed by atoms with Crippen LogP contribution in [-0.4, -0.2) is 64.7 Å². The summed E-state index contributed by atoms with van der Waals surface area (Å²) in [7, 11) is 0. The summed E-state index contributed by atoms with van der Waals surface area (Å²) in [4.78, 5) is 17.5. The van der Waals surface area contributed by atoms with Crippen molar-refractivity contribution in [3.8, 4) is 17.1 Å². The van der Waals surface area contributed by atoms with Crippen molar-refractivity contribution < 1.29 is 9.53 Å². The molecule has 6 heteroatoms. The summed E-state index contributed by atoms with van der Waals surface area (Å²) in [6.45, 7) is 6.29. The molecule has 2 aliphatic heterocycles. The summed E-state index contributed by atoms with van der Waals surface area (Å²) < 4.78 is 5.33. The molecular weight excluding hydrogens is 328 g/mol. The third-order valence-electron chi connectivity index (χ3n) is 5.21. The van der Waals surface area contributed by atoms with Gasteiger partial charge in [-0.3, -0.25) is 9.69 Å². The number of aromatic nitrogens is 2. The number of rotatable bonds is 4. The van der Waals surface area contributed by atoms with Crippen molar-refractivity contribution in [3.05, 3.63) is 42.0 Å². The van der Waals surface area contributed by atoms with Gasteiger partial charge in [0.15, 0.2) is 0 Å². The molecular formula is C20H24N4O2. The predicted molar refractivity (Wildman–Crippen MR) is 99.1 cm³/mol. The largest absolute Gasteiger partial charge is 0.477 e. The standard InChI is InChI=1S/C20H24N4O2/c1-2-26-19-9-8-18(21-22-19)15-5-3-6-16(13-15)20(25)24-12-11-23-10-4-7-17(23)14-24/h3,5-6,8-9,13,17H,2,4,7,10-12,14H2,1H3. The summed E-state index contributed by atoms with van der Waals surface area (Å²) in [6.07, 6.45) is 2.45. The Morgan fingerprint density at radius 2 is 2.12 bits per heavy atom. The van der Waals surface area contributed by atoms with E-state index >= 15 is 0 Å². The third kappa shape index (κ3) is 3.42. The first kappa shape index (κ1) is 17.0. The zero-order chi connectivity index (χ0) is 17.9. The van der Waals surface area contributed by atoms with Crippen molar-refractivity contribution in [1.82, 2.24) is 20.0 Å². The number of piperazine rings is 1. The Hall–Kier alpha value is -2.47. The zero-order valence-corrected chi connectivity index (χ0v) is 15.1. The molecule has 26 heavy (non-hydrogen) atoms. The van der Waals surface area contributed by atoms with Gasteiger partial charge in [-0.05, 0) is 44.5 Å². The van der Waals surface area contributed by atoms with Gasteiger partial charge in [-0.1, -0.05) is 12.1 Å². The molecule has 2 saturated heterocycles. The van der Waals surface area contributed by atoms with Crippen LogP contribution in [0.2, 0.25) is 0 Å². The molecule has 2 aromatic rings. The molecule has 1 aromatic carbocycles. The Morgan fingerprint density at radius 1 is 1.19 bits per heavy atom. The fraction of sp³-hybridized carbons (Fsp3) is 0.450. The average Bonchev–Trinajstić information content (AvgIpc) is 3.16. The van der Waals surface area contributed by atoms with Crippen LogP contribution in [-0.2, 0) is 0 Å². The van der Waals surface area contributed by atoms with Crippen LogP contribution in [0.1, 0.15) is 30.1 Å². The molecule has 2 fully saturated rings. The molecule has 1 aromatic heterocycles. The van der Waals surface area contributed by atoms with Crippen molar-refractivity contribution in [3.63, 3.8) is 0 Å². The van der Waals surface area contributed by atoms with E-state index in [4.69, 9.17) is 4.74 Å². The number of carbonyl (C=O) groups is 1. The van der Waals surface area contributed by atoms with Crippen molar-refractivity contribution in [1.29, 1.82) is 0 Å². The summed E-state index contributed by atoms with van der Waals surface area (Å²) in [5, 5.41) is 8.29. The first-order chi connectivity index (χ1) is 12.7. The monoisotopic (exact) mass is 352 g/mol. The highest BCUT2D eigenvalue weighted by atomic mass is 16.5. The smallest absolute Gasteiger partial charge is 0.253 e. The third-order valence-corrected chi connectivity index (χ3v) is 5.21. The van der Waals surface area contributed by atoms with Gasteiger partial charge in [0, 0.05) is 42.9 Å². The van der Waals surface area contributed by atoms with E-state index in [-0.39, 0.29) is 5.91 Å². The highest BCUT2D eigenvalue weighted by Crippen LogP contribution is 2.24. The second-order valence-electron chi connectivity index (χ2n) is 6.85. The van der Waals surface area contributed by atoms with Crippen LogP contribution in [0.5, 0.6) is 5.88 Å². The molecule has 1 atom stereocenters. The minimum Gasteiger partial charge on any atom is -0.477 e. The van der Waals surface area contributed by atoms with Crippen LogP contribution in [0.4, 0.5) is 0 Å². The number of ether oxygens (including phenoxy) is 1. The zero-order valence-electron chi connectivity index (χ0n) is 15.1. The van der Waals surface area contributed by atoms with Crippen LogP contribution < -0.4 is 4.74 Å². The van der Waals surface area contributed by atoms with Gasteiger partial charge in [0.25, 0.3) is 5.91 Å². The summed E-state index contributed by atoms with van der Waals surface area (Å²) >= 11 is 0. The number of benzene rings is 1. The molecule has 0 spiro atoms. The first-order valence-electron chi connectivity index (χ1n) is 9.35. The Morgan fingerprint density at radius 3 is 2.92 bits per heavy atom. The molecule has 3 heterocycles. The van der Waals surface area contributed by atoms with Crippen molar-refractivity contribution in [2.24, 2.45) is 0 Å². The number of hydrogen-bond acceptors (Lipinski definition) is 5. The van der Waals surface area contributed by atoms with Crippen LogP contribution in [0, 0.1) is 0 Å². The van der Waals surface area contributed by atoms with Gasteiger partial charge < -0.3 is 9.64 Å². The van der Waals surface area contributed by atoms with Gasteiger partial charge in [0.05, 0.1) is 12.3 Å². The second kappa shape index (κ2) is 7.41. The van der Waals surface area contributed by atoms with Gasteiger partial charge in [-0.25, -0.2) is 0 Å². The first-order valence-corrected chi connectivity index (χ1v) is 9.35. The Kier molecular flexibility index (Phi) is 4.84. The maximum absolute atomic E-state index is 13.0. The lowest BCUT2D eigenvalue weighted by atomic mass is 10.1. The number of fused-ring (bicyclic) bond motifs is 1. The fourth-order valence-corrected chi connectivity index (χ4v) is 3.87. The SMILES string of the molecule is CCOc1ccc(-c2cccc(C(=O)N3CCN4CCCC4C3)c2)nn1. The lowest BCUT2D eigenvalue weighted by Gasteiger charge is -2.37. The molecule has 2 aliphatic rings. The van der Waals surface area contributed by atoms with Gasteiger partial charge in [0.2, 0.25) is 5.88 Å². The normalized spacial score (nSPS) is 20.0. The van der Waals surface area contributed by atoms with Gasteiger partial charge in [-0.2, -0.15) is 0 Å². The molecule has 0 saturated carbocycles. The van der Waals surface area contributed by atoms with E-state index in [1.807, 2.05) is 42.2 Å². The van der Waals surface area contributed by atoms with E-state index < -0.39 is 0 Å². The minimum absolute atomic E-state index is 0.109. The van der Waals surface area contributed by atoms with Crippen LogP contribution in [0.3, 0.4) is 0 Å². The highest BCUT2D eigenvalue weighted by molar-refractivity contribution is 5.95. The van der Waals surface area contributed by atoms with Crippen molar-refractivity contribution in [2.75, 3.05) is 32.8 Å². The van der Waals surface area contributed by atoms with Crippen molar-refractivity contribution in [2.45, 2.75) is 25.8 Å². The molecule has 1 unspecified atom stereocenters. The van der Waals surface area contributed by atoms with Crippen LogP contribution >= 0.6 is 0 Å². The van der Waals surface area contributed by atoms with E-state index in [1.54, 1.807) is 6.07 Å². The predicted octanol–water partition coefficient (Wildman–Crippen LogP) is 2.46. The Bertz CT molecular complexity index is 778. The lowest BCUT2D eigenvalue weighted by molar-refractivity contribution is 0.0571. The van der Waals surface area contributed by atoms with Gasteiger partial charge in [-0.15, -0.1) is 10.2 Å². The van der Waals surface area contributed by atoms with E-state index in [9.17, 15) is 4.79 Å². The average molecular weight is 352 g/mol. The quantitative estimate of drug-likeness (QED) is 0.846. The van der Waals surface area contributed by atoms with E-state index in [1.165, 1.54) is 19.4 Å². The Balaban J connectivity index is 1.50. The van der Waals surface area contributed by atoms with Crippen LogP contribution in [0.15, 0.2) is 36.4 Å². The minimum atomic E-state index is 0.109. The number of hydrogen-bond donors (Lipinski definition) is 0. The number of carbonyl (C=O) groups excluding carboxylic acids is 1. The van der Waals surface area contributed by atoms with Crippen molar-refractivity contribution >= 4 is 5.91 Å². The molecule has 4 rings (SSSR count). The molecule has 0 N–H and O–H groups in total. The van der Waals surface area contributed by atoms with E-state index in [2.05, 4.69) is 15.1 Å². The number of amides is 1. The van der Waals surface area contributed by atoms with Gasteiger partial charge >= 0.3 is 0 Å². The molecule has 0 radical (unpaired) electrons. The Labute approximate surface area is 153 Å². The summed E-state index contributed by atoms with van der Waals surface area (Å²) in [6, 6.07) is 11.9. The van der Waals surface area contributed by atoms with Gasteiger partial charge in [0.1, 0.15) is 0 Å². The maximum atomic E-state index is 13.0. The molecule has 0 aliphatic carbocycles. The maximum Gasteiger partial charge on any atom is 0.253 e. The lowest BCUT2D eigenvalue weighted by Crippen LogP contribution is -2.52. The number of nitrogens with zero attached hydrogens (tertiary/aromatic N) is 4.